The molecule has 8 nitrogen and oxygen atoms in total. The molecule has 0 heterocycles. The topological polar surface area (TPSA) is 127 Å². The third kappa shape index (κ3) is 4.92. The van der Waals surface area contributed by atoms with Gasteiger partial charge in [-0.25, -0.2) is 0 Å². The predicted octanol–water partition coefficient (Wildman–Crippen LogP) is 2.02. The third-order valence-electron chi connectivity index (χ3n) is 3.66. The highest BCUT2D eigenvalue weighted by atomic mass is 79.9. The lowest BCUT2D eigenvalue weighted by atomic mass is 10.2. The van der Waals surface area contributed by atoms with E-state index in [1.54, 1.807) is 18.2 Å². The fourth-order valence-electron chi connectivity index (χ4n) is 2.14. The van der Waals surface area contributed by atoms with Gasteiger partial charge in [0.1, 0.15) is 11.5 Å². The summed E-state index contributed by atoms with van der Waals surface area (Å²) < 4.78 is 6.01. The Kier molecular flexibility index (Phi) is 6.51. The highest BCUT2D eigenvalue weighted by Crippen LogP contribution is 2.33. The molecule has 1 fully saturated rings. The smallest absolute Gasteiger partial charge is 0.271 e. The van der Waals surface area contributed by atoms with E-state index in [4.69, 9.17) is 15.6 Å². The molecule has 0 bridgehead atoms. The van der Waals surface area contributed by atoms with E-state index in [1.807, 2.05) is 0 Å². The molecule has 0 unspecified atom stereocenters. The normalized spacial score (nSPS) is 13.6. The van der Waals surface area contributed by atoms with Crippen LogP contribution < -0.4 is 20.7 Å². The largest absolute Gasteiger partial charge is 0.493 e. The second-order valence-electron chi connectivity index (χ2n) is 5.63. The molecule has 0 aromatic heterocycles. The van der Waals surface area contributed by atoms with Crippen LogP contribution in [0.3, 0.4) is 0 Å². The summed E-state index contributed by atoms with van der Waals surface area (Å²) in [5.74, 6) is -0.622. The molecule has 138 valence electrons. The average Bonchev–Trinajstić information content (AvgIpc) is 3.45. The van der Waals surface area contributed by atoms with Gasteiger partial charge in [0.25, 0.3) is 5.91 Å². The van der Waals surface area contributed by atoms with Gasteiger partial charge in [0.15, 0.2) is 5.75 Å². The maximum Gasteiger partial charge on any atom is 0.271 e. The van der Waals surface area contributed by atoms with E-state index >= 15 is 0 Å². The Bertz CT molecular complexity index is 787. The summed E-state index contributed by atoms with van der Waals surface area (Å²) in [6, 6.07) is 5.26. The molecule has 1 aliphatic rings. The second kappa shape index (κ2) is 8.61. The maximum atomic E-state index is 11.9. The maximum absolute atomic E-state index is 11.9. The zero-order chi connectivity index (χ0) is 19.3. The summed E-state index contributed by atoms with van der Waals surface area (Å²) in [6.07, 6.45) is 2.87. The van der Waals surface area contributed by atoms with Crippen LogP contribution in [-0.4, -0.2) is 37.5 Å². The molecule has 1 aromatic rings. The lowest BCUT2D eigenvalue weighted by molar-refractivity contribution is -0.120. The van der Waals surface area contributed by atoms with Crippen LogP contribution in [0.1, 0.15) is 12.8 Å². The van der Waals surface area contributed by atoms with Crippen molar-refractivity contribution in [3.8, 4) is 5.75 Å². The van der Waals surface area contributed by atoms with Gasteiger partial charge in [-0.1, -0.05) is 6.07 Å². The van der Waals surface area contributed by atoms with E-state index in [0.29, 0.717) is 15.9 Å². The Labute approximate surface area is 159 Å². The number of nitrogens with one attached hydrogen (secondary N) is 5. The molecular formula is C17H20BrN5O3. The number of carbonyl (C=O) groups is 2. The fourth-order valence-corrected chi connectivity index (χ4v) is 2.67. The van der Waals surface area contributed by atoms with E-state index in [1.165, 1.54) is 20.2 Å². The minimum absolute atomic E-state index is 0.0521. The number of amidine groups is 1. The van der Waals surface area contributed by atoms with Gasteiger partial charge in [0.05, 0.1) is 23.0 Å². The monoisotopic (exact) mass is 421 g/mol. The van der Waals surface area contributed by atoms with Crippen LogP contribution in [0, 0.1) is 16.7 Å². The number of carbonyl (C=O) groups excluding carboxylic acids is 2. The fraction of sp³-hybridized carbons (Fsp3) is 0.294. The van der Waals surface area contributed by atoms with E-state index in [0.717, 1.165) is 12.8 Å². The average molecular weight is 422 g/mol. The minimum atomic E-state index is -0.626. The number of rotatable bonds is 7. The van der Waals surface area contributed by atoms with Crippen LogP contribution in [0.5, 0.6) is 5.75 Å². The summed E-state index contributed by atoms with van der Waals surface area (Å²) >= 11 is 3.37. The van der Waals surface area contributed by atoms with Crippen LogP contribution in [0.15, 0.2) is 34.4 Å². The van der Waals surface area contributed by atoms with Crippen molar-refractivity contribution in [2.75, 3.05) is 19.5 Å². The number of hydrogen-bond acceptors (Lipinski definition) is 6. The number of methoxy groups -OCH3 is 1. The molecule has 2 rings (SSSR count). The Morgan fingerprint density at radius 2 is 2.00 bits per heavy atom. The van der Waals surface area contributed by atoms with Gasteiger partial charge in [-0.2, -0.15) is 0 Å². The van der Waals surface area contributed by atoms with Crippen molar-refractivity contribution >= 4 is 45.0 Å². The molecule has 1 saturated carbocycles. The summed E-state index contributed by atoms with van der Waals surface area (Å²) in [7, 11) is 2.91. The number of anilines is 1. The number of halogens is 1. The molecule has 0 atom stereocenters. The third-order valence-corrected chi connectivity index (χ3v) is 4.28. The van der Waals surface area contributed by atoms with E-state index in [-0.39, 0.29) is 29.1 Å². The molecule has 0 radical (unpaired) electrons. The molecule has 0 spiro atoms. The van der Waals surface area contributed by atoms with Gasteiger partial charge in [-0.3, -0.25) is 20.4 Å². The molecule has 9 heteroatoms. The van der Waals surface area contributed by atoms with Gasteiger partial charge >= 0.3 is 0 Å². The zero-order valence-electron chi connectivity index (χ0n) is 14.4. The van der Waals surface area contributed by atoms with Crippen LogP contribution >= 0.6 is 15.9 Å². The van der Waals surface area contributed by atoms with Crippen molar-refractivity contribution in [1.82, 2.24) is 10.6 Å². The molecule has 1 aliphatic carbocycles. The van der Waals surface area contributed by atoms with Crippen LogP contribution in [0.2, 0.25) is 0 Å². The van der Waals surface area contributed by atoms with Gasteiger partial charge < -0.3 is 20.7 Å². The number of ether oxygens (including phenoxy) is 1. The Hall–Kier alpha value is -2.68. The van der Waals surface area contributed by atoms with Crippen LogP contribution in [0.25, 0.3) is 0 Å². The van der Waals surface area contributed by atoms with E-state index < -0.39 is 5.91 Å². The van der Waals surface area contributed by atoms with Gasteiger partial charge in [0.2, 0.25) is 5.91 Å². The Morgan fingerprint density at radius 1 is 1.31 bits per heavy atom. The molecule has 5 N–H and O–H groups in total. The van der Waals surface area contributed by atoms with Crippen molar-refractivity contribution in [2.45, 2.75) is 12.8 Å². The standard InChI is InChI=1S/C17H20BrN5O3/c1-21-17(25)14(20)12(8-13(19)23-16(24)9-6-7-9)22-11-5-3-4-10(18)15(11)26-2/h3-5,8-9,20,22H,6-7H2,1-2H3,(H,21,25)(H2,19,23,24)/b12-8+,20-14?. The SMILES string of the molecule is CNC(=O)C(=N)/C(=C\C(=N)NC(=O)C1CC1)Nc1cccc(Br)c1OC. The van der Waals surface area contributed by atoms with Crippen LogP contribution in [0.4, 0.5) is 5.69 Å². The van der Waals surface area contributed by atoms with Crippen molar-refractivity contribution in [2.24, 2.45) is 5.92 Å². The summed E-state index contributed by atoms with van der Waals surface area (Å²) in [5, 5.41) is 23.8. The Balaban J connectivity index is 2.29. The van der Waals surface area contributed by atoms with Crippen molar-refractivity contribution < 1.29 is 14.3 Å². The van der Waals surface area contributed by atoms with Crippen LogP contribution in [-0.2, 0) is 9.59 Å². The highest BCUT2D eigenvalue weighted by Gasteiger charge is 2.30. The molecular weight excluding hydrogens is 402 g/mol. The Morgan fingerprint density at radius 3 is 2.58 bits per heavy atom. The van der Waals surface area contributed by atoms with Gasteiger partial charge in [0, 0.05) is 19.0 Å². The summed E-state index contributed by atoms with van der Waals surface area (Å²) in [6.45, 7) is 0. The van der Waals surface area contributed by atoms with Gasteiger partial charge in [-0.15, -0.1) is 0 Å². The second-order valence-corrected chi connectivity index (χ2v) is 6.49. The quantitative estimate of drug-likeness (QED) is 0.340. The summed E-state index contributed by atoms with van der Waals surface area (Å²) in [4.78, 5) is 23.7. The first kappa shape index (κ1) is 19.6. The first-order valence-electron chi connectivity index (χ1n) is 7.89. The first-order valence-corrected chi connectivity index (χ1v) is 8.68. The van der Waals surface area contributed by atoms with Crippen molar-refractivity contribution in [3.63, 3.8) is 0 Å². The number of benzene rings is 1. The zero-order valence-corrected chi connectivity index (χ0v) is 16.0. The minimum Gasteiger partial charge on any atom is -0.493 e. The molecule has 0 aliphatic heterocycles. The summed E-state index contributed by atoms with van der Waals surface area (Å²) in [5.41, 5.74) is 0.185. The molecule has 2 amide bonds. The number of para-hydroxylation sites is 1. The van der Waals surface area contributed by atoms with Crippen molar-refractivity contribution in [3.05, 3.63) is 34.4 Å². The first-order chi connectivity index (χ1) is 12.4. The van der Waals surface area contributed by atoms with Crippen molar-refractivity contribution in [1.29, 1.82) is 10.8 Å². The number of amides is 2. The van der Waals surface area contributed by atoms with Gasteiger partial charge in [-0.05, 0) is 40.9 Å². The van der Waals surface area contributed by atoms with E-state index in [9.17, 15) is 9.59 Å². The van der Waals surface area contributed by atoms with E-state index in [2.05, 4.69) is 31.9 Å². The molecule has 26 heavy (non-hydrogen) atoms. The lowest BCUT2D eigenvalue weighted by Crippen LogP contribution is -2.34. The molecule has 0 saturated heterocycles. The predicted molar refractivity (Wildman–Crippen MR) is 103 cm³/mol. The lowest BCUT2D eigenvalue weighted by Gasteiger charge is -2.16. The molecule has 1 aromatic carbocycles. The highest BCUT2D eigenvalue weighted by molar-refractivity contribution is 9.10. The number of hydrogen-bond donors (Lipinski definition) is 5.